The summed E-state index contributed by atoms with van der Waals surface area (Å²) < 4.78 is 0. The zero-order valence-corrected chi connectivity index (χ0v) is 13.0. The van der Waals surface area contributed by atoms with Gasteiger partial charge in [0.15, 0.2) is 0 Å². The van der Waals surface area contributed by atoms with E-state index in [9.17, 15) is 10.1 Å². The minimum Gasteiger partial charge on any atom is -0.326 e. The van der Waals surface area contributed by atoms with Crippen LogP contribution in [0.15, 0.2) is 24.3 Å². The highest BCUT2D eigenvalue weighted by molar-refractivity contribution is 5.77. The van der Waals surface area contributed by atoms with Crippen LogP contribution in [0.2, 0.25) is 0 Å². The average Bonchev–Trinajstić information content (AvgIpc) is 3.01. The molecular weight excluding hydrogens is 260 g/mol. The summed E-state index contributed by atoms with van der Waals surface area (Å²) in [5.41, 5.74) is 2.15. The van der Waals surface area contributed by atoms with E-state index in [0.29, 0.717) is 12.3 Å². The maximum Gasteiger partial charge on any atom is 0.223 e. The standard InChI is InChI=1S/C18H24N2O/c1-3-14-8-10-16(11-9-14)17(13-19)20(2)18(21)12-15-6-4-5-7-15/h8-11,15,17H,3-7,12H2,1-2H3/t17-/m1/s1. The third-order valence-corrected chi connectivity index (χ3v) is 4.54. The fraction of sp³-hybridized carbons (Fsp3) is 0.556. The van der Waals surface area contributed by atoms with Gasteiger partial charge in [0.25, 0.3) is 0 Å². The second-order valence-corrected chi connectivity index (χ2v) is 5.99. The molecule has 21 heavy (non-hydrogen) atoms. The SMILES string of the molecule is CCc1ccc([C@@H](C#N)N(C)C(=O)CC2CCCC2)cc1. The van der Waals surface area contributed by atoms with E-state index < -0.39 is 6.04 Å². The number of carbonyl (C=O) groups excluding carboxylic acids is 1. The lowest BCUT2D eigenvalue weighted by molar-refractivity contribution is -0.132. The van der Waals surface area contributed by atoms with Crippen molar-refractivity contribution < 1.29 is 4.79 Å². The molecule has 0 saturated heterocycles. The number of aryl methyl sites for hydroxylation is 1. The molecule has 3 heteroatoms. The molecule has 1 fully saturated rings. The highest BCUT2D eigenvalue weighted by Crippen LogP contribution is 2.29. The van der Waals surface area contributed by atoms with Crippen molar-refractivity contribution >= 4 is 5.91 Å². The number of amides is 1. The van der Waals surface area contributed by atoms with Crippen LogP contribution >= 0.6 is 0 Å². The van der Waals surface area contributed by atoms with Gasteiger partial charge in [-0.1, -0.05) is 44.0 Å². The molecule has 1 aliphatic carbocycles. The lowest BCUT2D eigenvalue weighted by Gasteiger charge is -2.24. The van der Waals surface area contributed by atoms with E-state index in [1.165, 1.54) is 18.4 Å². The first-order chi connectivity index (χ1) is 10.2. The van der Waals surface area contributed by atoms with Crippen LogP contribution < -0.4 is 0 Å². The van der Waals surface area contributed by atoms with Crippen molar-refractivity contribution in [2.24, 2.45) is 5.92 Å². The Hall–Kier alpha value is -1.82. The average molecular weight is 284 g/mol. The first-order valence-electron chi connectivity index (χ1n) is 7.89. The Morgan fingerprint density at radius 1 is 1.33 bits per heavy atom. The van der Waals surface area contributed by atoms with Crippen molar-refractivity contribution in [2.45, 2.75) is 51.5 Å². The van der Waals surface area contributed by atoms with Gasteiger partial charge in [0.2, 0.25) is 5.91 Å². The van der Waals surface area contributed by atoms with E-state index >= 15 is 0 Å². The van der Waals surface area contributed by atoms with Crippen molar-refractivity contribution in [2.75, 3.05) is 7.05 Å². The Labute approximate surface area is 127 Å². The number of carbonyl (C=O) groups is 1. The van der Waals surface area contributed by atoms with Crippen LogP contribution in [0.4, 0.5) is 0 Å². The molecular formula is C18H24N2O. The van der Waals surface area contributed by atoms with E-state index in [-0.39, 0.29) is 5.91 Å². The fourth-order valence-electron chi connectivity index (χ4n) is 3.07. The Morgan fingerprint density at radius 3 is 2.48 bits per heavy atom. The Morgan fingerprint density at radius 2 is 1.95 bits per heavy atom. The van der Waals surface area contributed by atoms with Gasteiger partial charge < -0.3 is 4.90 Å². The van der Waals surface area contributed by atoms with E-state index in [1.54, 1.807) is 11.9 Å². The molecule has 1 atom stereocenters. The summed E-state index contributed by atoms with van der Waals surface area (Å²) in [4.78, 5) is 14.0. The quantitative estimate of drug-likeness (QED) is 0.824. The molecule has 1 amide bonds. The Kier molecular flexibility index (Phi) is 5.38. The van der Waals surface area contributed by atoms with Crippen LogP contribution in [0.1, 0.15) is 56.2 Å². The minimum absolute atomic E-state index is 0.0908. The Balaban J connectivity index is 2.04. The largest absolute Gasteiger partial charge is 0.326 e. The van der Waals surface area contributed by atoms with Gasteiger partial charge in [-0.2, -0.15) is 5.26 Å². The lowest BCUT2D eigenvalue weighted by Crippen LogP contribution is -2.31. The van der Waals surface area contributed by atoms with Crippen molar-refractivity contribution in [1.82, 2.24) is 4.90 Å². The summed E-state index contributed by atoms with van der Waals surface area (Å²) in [7, 11) is 1.75. The predicted molar refractivity (Wildman–Crippen MR) is 83.5 cm³/mol. The van der Waals surface area contributed by atoms with Crippen LogP contribution in [-0.4, -0.2) is 17.9 Å². The molecule has 0 spiro atoms. The number of nitriles is 1. The first-order valence-corrected chi connectivity index (χ1v) is 7.89. The van der Waals surface area contributed by atoms with E-state index in [0.717, 1.165) is 24.8 Å². The molecule has 1 saturated carbocycles. The molecule has 2 rings (SSSR count). The number of benzene rings is 1. The highest BCUT2D eigenvalue weighted by Gasteiger charge is 2.25. The molecule has 112 valence electrons. The number of hydrogen-bond donors (Lipinski definition) is 0. The maximum absolute atomic E-state index is 12.4. The van der Waals surface area contributed by atoms with Crippen molar-refractivity contribution in [3.05, 3.63) is 35.4 Å². The molecule has 1 aromatic rings. The number of hydrogen-bond acceptors (Lipinski definition) is 2. The van der Waals surface area contributed by atoms with E-state index in [4.69, 9.17) is 0 Å². The minimum atomic E-state index is -0.482. The maximum atomic E-state index is 12.4. The van der Waals surface area contributed by atoms with Crippen LogP contribution in [0, 0.1) is 17.2 Å². The van der Waals surface area contributed by atoms with Crippen LogP contribution in [0.5, 0.6) is 0 Å². The van der Waals surface area contributed by atoms with Gasteiger partial charge in [0.1, 0.15) is 6.04 Å². The smallest absolute Gasteiger partial charge is 0.223 e. The van der Waals surface area contributed by atoms with Gasteiger partial charge in [-0.15, -0.1) is 0 Å². The molecule has 3 nitrogen and oxygen atoms in total. The van der Waals surface area contributed by atoms with Gasteiger partial charge in [-0.25, -0.2) is 0 Å². The van der Waals surface area contributed by atoms with Crippen molar-refractivity contribution in [3.8, 4) is 6.07 Å². The molecule has 0 heterocycles. The lowest BCUT2D eigenvalue weighted by atomic mass is 10.0. The van der Waals surface area contributed by atoms with Gasteiger partial charge in [-0.3, -0.25) is 4.79 Å². The van der Waals surface area contributed by atoms with Gasteiger partial charge in [0.05, 0.1) is 6.07 Å². The topological polar surface area (TPSA) is 44.1 Å². The molecule has 0 aliphatic heterocycles. The zero-order chi connectivity index (χ0) is 15.2. The second-order valence-electron chi connectivity index (χ2n) is 5.99. The zero-order valence-electron chi connectivity index (χ0n) is 13.0. The van der Waals surface area contributed by atoms with E-state index in [2.05, 4.69) is 13.0 Å². The summed E-state index contributed by atoms with van der Waals surface area (Å²) in [6, 6.07) is 9.79. The highest BCUT2D eigenvalue weighted by atomic mass is 16.2. The van der Waals surface area contributed by atoms with Gasteiger partial charge in [0, 0.05) is 13.5 Å². The monoisotopic (exact) mass is 284 g/mol. The summed E-state index contributed by atoms with van der Waals surface area (Å²) in [6.07, 6.45) is 6.35. The van der Waals surface area contributed by atoms with Gasteiger partial charge in [-0.05, 0) is 36.3 Å². The fourth-order valence-corrected chi connectivity index (χ4v) is 3.07. The Bertz CT molecular complexity index is 509. The number of rotatable bonds is 5. The molecule has 0 aromatic heterocycles. The molecule has 0 bridgehead atoms. The van der Waals surface area contributed by atoms with Gasteiger partial charge >= 0.3 is 0 Å². The van der Waals surface area contributed by atoms with Crippen molar-refractivity contribution in [1.29, 1.82) is 5.26 Å². The molecule has 0 N–H and O–H groups in total. The van der Waals surface area contributed by atoms with Crippen LogP contribution in [-0.2, 0) is 11.2 Å². The first kappa shape index (κ1) is 15.6. The second kappa shape index (κ2) is 7.26. The van der Waals surface area contributed by atoms with Crippen LogP contribution in [0.3, 0.4) is 0 Å². The van der Waals surface area contributed by atoms with E-state index in [1.807, 2.05) is 24.3 Å². The number of nitrogens with zero attached hydrogens (tertiary/aromatic N) is 2. The third-order valence-electron chi connectivity index (χ3n) is 4.54. The summed E-state index contributed by atoms with van der Waals surface area (Å²) in [5.74, 6) is 0.606. The molecule has 1 aromatic carbocycles. The summed E-state index contributed by atoms with van der Waals surface area (Å²) in [5, 5.41) is 9.44. The normalized spacial score (nSPS) is 16.4. The molecule has 0 unspecified atom stereocenters. The molecule has 0 radical (unpaired) electrons. The molecule has 1 aliphatic rings. The predicted octanol–water partition coefficient (Wildman–Crippen LogP) is 3.85. The summed E-state index contributed by atoms with van der Waals surface area (Å²) in [6.45, 7) is 2.11. The van der Waals surface area contributed by atoms with Crippen LogP contribution in [0.25, 0.3) is 0 Å². The van der Waals surface area contributed by atoms with Crippen molar-refractivity contribution in [3.63, 3.8) is 0 Å². The summed E-state index contributed by atoms with van der Waals surface area (Å²) >= 11 is 0. The third kappa shape index (κ3) is 3.85.